The van der Waals surface area contributed by atoms with Crippen molar-refractivity contribution in [1.82, 2.24) is 5.48 Å². The minimum atomic E-state index is -0.710. The molecule has 0 atom stereocenters. The molecule has 0 bridgehead atoms. The Hall–Kier alpha value is -2.08. The van der Waals surface area contributed by atoms with Gasteiger partial charge in [0.25, 0.3) is 5.91 Å². The summed E-state index contributed by atoms with van der Waals surface area (Å²) < 4.78 is 4.50. The number of ether oxygens (including phenoxy) is 1. The van der Waals surface area contributed by atoms with Crippen molar-refractivity contribution in [3.63, 3.8) is 0 Å². The molecule has 1 aromatic rings. The van der Waals surface area contributed by atoms with Gasteiger partial charge >= 0.3 is 5.97 Å². The monoisotopic (exact) mass is 239 g/mol. The topological polar surface area (TPSA) is 84.9 Å². The number of aryl methyl sites for hydroxylation is 1. The van der Waals surface area contributed by atoms with E-state index in [1.807, 2.05) is 0 Å². The van der Waals surface area contributed by atoms with E-state index in [0.29, 0.717) is 5.56 Å². The Balaban J connectivity index is 3.28. The molecule has 92 valence electrons. The van der Waals surface area contributed by atoms with E-state index < -0.39 is 17.6 Å². The SMILES string of the molecule is CONC(=O)c1cc(C)cc(C(=O)OC)c1O. The fourth-order valence-electron chi connectivity index (χ4n) is 1.37. The van der Waals surface area contributed by atoms with Crippen LogP contribution in [0.15, 0.2) is 12.1 Å². The van der Waals surface area contributed by atoms with Gasteiger partial charge in [0.05, 0.1) is 19.8 Å². The smallest absolute Gasteiger partial charge is 0.341 e. The molecule has 1 aromatic carbocycles. The number of amides is 1. The van der Waals surface area contributed by atoms with Gasteiger partial charge < -0.3 is 9.84 Å². The molecule has 0 saturated carbocycles. The zero-order valence-corrected chi connectivity index (χ0v) is 9.73. The van der Waals surface area contributed by atoms with Crippen LogP contribution in [-0.2, 0) is 9.57 Å². The number of rotatable bonds is 3. The number of esters is 1. The molecule has 2 N–H and O–H groups in total. The summed E-state index contributed by atoms with van der Waals surface area (Å²) in [6.45, 7) is 1.69. The lowest BCUT2D eigenvalue weighted by atomic mass is 10.0. The number of phenolic OH excluding ortho intramolecular Hbond substituents is 1. The van der Waals surface area contributed by atoms with Gasteiger partial charge in [-0.1, -0.05) is 0 Å². The molecule has 0 spiro atoms. The number of nitrogens with one attached hydrogen (secondary N) is 1. The van der Waals surface area contributed by atoms with Gasteiger partial charge in [0.2, 0.25) is 0 Å². The number of methoxy groups -OCH3 is 1. The Kier molecular flexibility index (Phi) is 4.06. The Morgan fingerprint density at radius 1 is 1.24 bits per heavy atom. The predicted octanol–water partition coefficient (Wildman–Crippen LogP) is 0.778. The number of benzene rings is 1. The van der Waals surface area contributed by atoms with Crippen LogP contribution in [0.3, 0.4) is 0 Å². The fraction of sp³-hybridized carbons (Fsp3) is 0.273. The van der Waals surface area contributed by atoms with Crippen molar-refractivity contribution in [2.75, 3.05) is 14.2 Å². The summed E-state index contributed by atoms with van der Waals surface area (Å²) in [6.07, 6.45) is 0. The van der Waals surface area contributed by atoms with Gasteiger partial charge in [-0.2, -0.15) is 0 Å². The van der Waals surface area contributed by atoms with Crippen LogP contribution in [0.1, 0.15) is 26.3 Å². The highest BCUT2D eigenvalue weighted by molar-refractivity contribution is 6.02. The Morgan fingerprint density at radius 3 is 2.35 bits per heavy atom. The van der Waals surface area contributed by atoms with Crippen LogP contribution in [0.25, 0.3) is 0 Å². The number of phenols is 1. The average molecular weight is 239 g/mol. The molecule has 0 unspecified atom stereocenters. The first-order valence-electron chi connectivity index (χ1n) is 4.76. The Labute approximate surface area is 98.1 Å². The average Bonchev–Trinajstić information content (AvgIpc) is 2.30. The number of carbonyl (C=O) groups excluding carboxylic acids is 2. The standard InChI is InChI=1S/C11H13NO5/c1-6-4-7(10(14)12-17-3)9(13)8(5-6)11(15)16-2/h4-5,13H,1-3H3,(H,12,14). The molecule has 6 heteroatoms. The lowest BCUT2D eigenvalue weighted by Gasteiger charge is -2.09. The number of hydrogen-bond donors (Lipinski definition) is 2. The summed E-state index contributed by atoms with van der Waals surface area (Å²) in [6, 6.07) is 2.88. The number of aromatic hydroxyl groups is 1. The molecule has 0 aliphatic rings. The summed E-state index contributed by atoms with van der Waals surface area (Å²) >= 11 is 0. The summed E-state index contributed by atoms with van der Waals surface area (Å²) in [7, 11) is 2.46. The molecule has 0 fully saturated rings. The molecule has 0 heterocycles. The summed E-state index contributed by atoms with van der Waals surface area (Å²) in [5, 5.41) is 9.79. The minimum absolute atomic E-state index is 0.0488. The molecule has 0 aliphatic carbocycles. The predicted molar refractivity (Wildman–Crippen MR) is 58.7 cm³/mol. The van der Waals surface area contributed by atoms with Gasteiger partial charge in [0.15, 0.2) is 0 Å². The van der Waals surface area contributed by atoms with Gasteiger partial charge in [0.1, 0.15) is 11.3 Å². The number of carbonyl (C=O) groups is 2. The molecular weight excluding hydrogens is 226 g/mol. The van der Waals surface area contributed by atoms with Gasteiger partial charge in [0, 0.05) is 0 Å². The van der Waals surface area contributed by atoms with Crippen molar-refractivity contribution in [2.24, 2.45) is 0 Å². The van der Waals surface area contributed by atoms with Crippen molar-refractivity contribution in [2.45, 2.75) is 6.92 Å². The summed E-state index contributed by atoms with van der Waals surface area (Å²) in [4.78, 5) is 27.4. The van der Waals surface area contributed by atoms with Gasteiger partial charge in [-0.25, -0.2) is 10.3 Å². The second-order valence-electron chi connectivity index (χ2n) is 3.34. The van der Waals surface area contributed by atoms with Gasteiger partial charge in [-0.05, 0) is 24.6 Å². The van der Waals surface area contributed by atoms with E-state index in [2.05, 4.69) is 15.1 Å². The highest BCUT2D eigenvalue weighted by Gasteiger charge is 2.20. The first-order chi connectivity index (χ1) is 8.01. The van der Waals surface area contributed by atoms with E-state index in [1.54, 1.807) is 6.92 Å². The first kappa shape index (κ1) is 13.0. The molecule has 1 rings (SSSR count). The highest BCUT2D eigenvalue weighted by Crippen LogP contribution is 2.25. The van der Waals surface area contributed by atoms with Crippen LogP contribution in [0.4, 0.5) is 0 Å². The van der Waals surface area contributed by atoms with Crippen LogP contribution < -0.4 is 5.48 Å². The van der Waals surface area contributed by atoms with Gasteiger partial charge in [-0.3, -0.25) is 9.63 Å². The highest BCUT2D eigenvalue weighted by atomic mass is 16.6. The first-order valence-corrected chi connectivity index (χ1v) is 4.76. The Morgan fingerprint density at radius 2 is 1.82 bits per heavy atom. The van der Waals surface area contributed by atoms with Crippen LogP contribution >= 0.6 is 0 Å². The van der Waals surface area contributed by atoms with Crippen molar-refractivity contribution < 1.29 is 24.3 Å². The van der Waals surface area contributed by atoms with E-state index in [1.165, 1.54) is 26.4 Å². The van der Waals surface area contributed by atoms with Gasteiger partial charge in [-0.15, -0.1) is 0 Å². The lowest BCUT2D eigenvalue weighted by molar-refractivity contribution is 0.0534. The Bertz CT molecular complexity index is 455. The maximum absolute atomic E-state index is 11.5. The van der Waals surface area contributed by atoms with Crippen LogP contribution in [-0.4, -0.2) is 31.2 Å². The normalized spacial score (nSPS) is 9.82. The molecule has 17 heavy (non-hydrogen) atoms. The van der Waals surface area contributed by atoms with Crippen molar-refractivity contribution in [3.8, 4) is 5.75 Å². The van der Waals surface area contributed by atoms with E-state index in [9.17, 15) is 14.7 Å². The third kappa shape index (κ3) is 2.73. The fourth-order valence-corrected chi connectivity index (χ4v) is 1.37. The minimum Gasteiger partial charge on any atom is -0.506 e. The third-order valence-corrected chi connectivity index (χ3v) is 2.10. The molecule has 6 nitrogen and oxygen atoms in total. The number of hydrogen-bond acceptors (Lipinski definition) is 5. The van der Waals surface area contributed by atoms with E-state index in [0.717, 1.165) is 0 Å². The second-order valence-corrected chi connectivity index (χ2v) is 3.34. The summed E-state index contributed by atoms with van der Waals surface area (Å²) in [5.74, 6) is -1.78. The zero-order chi connectivity index (χ0) is 13.0. The molecular formula is C11H13NO5. The van der Waals surface area contributed by atoms with E-state index >= 15 is 0 Å². The van der Waals surface area contributed by atoms with Crippen LogP contribution in [0.2, 0.25) is 0 Å². The van der Waals surface area contributed by atoms with E-state index in [-0.39, 0.29) is 11.1 Å². The van der Waals surface area contributed by atoms with Crippen LogP contribution in [0, 0.1) is 6.92 Å². The zero-order valence-electron chi connectivity index (χ0n) is 9.73. The quantitative estimate of drug-likeness (QED) is 0.601. The summed E-state index contributed by atoms with van der Waals surface area (Å²) in [5.41, 5.74) is 2.60. The maximum Gasteiger partial charge on any atom is 0.341 e. The maximum atomic E-state index is 11.5. The largest absolute Gasteiger partial charge is 0.506 e. The van der Waals surface area contributed by atoms with E-state index in [4.69, 9.17) is 0 Å². The van der Waals surface area contributed by atoms with Crippen LogP contribution in [0.5, 0.6) is 5.75 Å². The third-order valence-electron chi connectivity index (χ3n) is 2.10. The molecule has 0 aliphatic heterocycles. The van der Waals surface area contributed by atoms with Crippen molar-refractivity contribution in [1.29, 1.82) is 0 Å². The number of hydroxylamine groups is 1. The molecule has 0 radical (unpaired) electrons. The van der Waals surface area contributed by atoms with Crippen molar-refractivity contribution in [3.05, 3.63) is 28.8 Å². The molecule has 1 amide bonds. The second kappa shape index (κ2) is 5.31. The lowest BCUT2D eigenvalue weighted by Crippen LogP contribution is -2.22. The van der Waals surface area contributed by atoms with Crippen molar-refractivity contribution >= 4 is 11.9 Å². The molecule has 0 saturated heterocycles. The molecule has 0 aromatic heterocycles.